The Labute approximate surface area is 89.1 Å². The first-order valence-corrected chi connectivity index (χ1v) is 5.36. The van der Waals surface area contributed by atoms with Crippen molar-refractivity contribution in [2.45, 2.75) is 19.8 Å². The lowest BCUT2D eigenvalue weighted by Gasteiger charge is -2.09. The van der Waals surface area contributed by atoms with Crippen molar-refractivity contribution in [1.82, 2.24) is 0 Å². The maximum Gasteiger partial charge on any atom is 0.167 e. The minimum Gasteiger partial charge on any atom is -0.294 e. The van der Waals surface area contributed by atoms with Crippen LogP contribution < -0.4 is 0 Å². The molecule has 0 saturated heterocycles. The molecule has 0 radical (unpaired) electrons. The fourth-order valence-corrected chi connectivity index (χ4v) is 1.95. The zero-order valence-corrected chi connectivity index (χ0v) is 8.92. The van der Waals surface area contributed by atoms with Crippen molar-refractivity contribution in [3.8, 4) is 0 Å². The van der Waals surface area contributed by atoms with Crippen LogP contribution in [0.4, 0.5) is 0 Å². The Bertz CT molecular complexity index is 355. The zero-order valence-electron chi connectivity index (χ0n) is 8.16. The molecule has 1 aromatic carbocycles. The Morgan fingerprint density at radius 2 is 2.07 bits per heavy atom. The lowest BCUT2D eigenvalue weighted by Crippen LogP contribution is -2.13. The quantitative estimate of drug-likeness (QED) is 0.695. The van der Waals surface area contributed by atoms with Crippen molar-refractivity contribution in [1.29, 1.82) is 0 Å². The van der Waals surface area contributed by atoms with Gasteiger partial charge in [-0.1, -0.05) is 30.7 Å². The van der Waals surface area contributed by atoms with Crippen molar-refractivity contribution in [3.05, 3.63) is 34.9 Å². The molecule has 14 heavy (non-hydrogen) atoms. The molecule has 0 amide bonds. The summed E-state index contributed by atoms with van der Waals surface area (Å²) in [5.41, 5.74) is 0.675. The van der Waals surface area contributed by atoms with Gasteiger partial charge < -0.3 is 0 Å². The Balaban J connectivity index is 2.21. The van der Waals surface area contributed by atoms with Crippen molar-refractivity contribution in [2.24, 2.45) is 11.8 Å². The van der Waals surface area contributed by atoms with Gasteiger partial charge in [0.2, 0.25) is 0 Å². The van der Waals surface area contributed by atoms with E-state index in [1.54, 1.807) is 6.07 Å². The number of carbonyl (C=O) groups is 1. The highest BCUT2D eigenvalue weighted by atomic mass is 35.5. The summed E-state index contributed by atoms with van der Waals surface area (Å²) >= 11 is 5.97. The summed E-state index contributed by atoms with van der Waals surface area (Å²) in [7, 11) is 0. The van der Waals surface area contributed by atoms with Crippen LogP contribution in [0.5, 0.6) is 0 Å². The van der Waals surface area contributed by atoms with Crippen LogP contribution in [0.25, 0.3) is 0 Å². The number of benzene rings is 1. The smallest absolute Gasteiger partial charge is 0.167 e. The van der Waals surface area contributed by atoms with E-state index < -0.39 is 0 Å². The molecule has 0 heterocycles. The van der Waals surface area contributed by atoms with Crippen LogP contribution in [-0.4, -0.2) is 5.78 Å². The van der Waals surface area contributed by atoms with E-state index in [0.717, 1.165) is 0 Å². The zero-order chi connectivity index (χ0) is 10.1. The van der Waals surface area contributed by atoms with Crippen molar-refractivity contribution in [3.63, 3.8) is 0 Å². The van der Waals surface area contributed by atoms with Crippen molar-refractivity contribution in [2.75, 3.05) is 0 Å². The molecule has 1 fully saturated rings. The second kappa shape index (κ2) is 3.74. The minimum absolute atomic E-state index is 0.134. The third-order valence-electron chi connectivity index (χ3n) is 2.88. The topological polar surface area (TPSA) is 17.1 Å². The van der Waals surface area contributed by atoms with E-state index in [-0.39, 0.29) is 11.7 Å². The fourth-order valence-electron chi connectivity index (χ4n) is 1.72. The second-order valence-electron chi connectivity index (χ2n) is 3.97. The molecule has 1 aliphatic rings. The first-order chi connectivity index (χ1) is 6.70. The Hall–Kier alpha value is -0.820. The molecule has 0 N–H and O–H groups in total. The second-order valence-corrected chi connectivity index (χ2v) is 4.38. The molecule has 1 saturated carbocycles. The number of ketones is 1. The highest BCUT2D eigenvalue weighted by Crippen LogP contribution is 2.38. The molecule has 1 aromatic rings. The molecule has 1 aliphatic carbocycles. The van der Waals surface area contributed by atoms with E-state index in [4.69, 9.17) is 11.6 Å². The van der Waals surface area contributed by atoms with E-state index in [2.05, 4.69) is 0 Å². The minimum atomic E-state index is 0.134. The standard InChI is InChI=1S/C12H13ClO/c1-8(9-6-7-9)12(14)10-4-2-3-5-11(10)13/h2-5,8-9H,6-7H2,1H3. The number of hydrogen-bond donors (Lipinski definition) is 0. The normalized spacial score (nSPS) is 17.9. The monoisotopic (exact) mass is 208 g/mol. The number of Topliss-reactive ketones (excluding diaryl/α,β-unsaturated/α-hetero) is 1. The molecule has 0 aliphatic heterocycles. The first-order valence-electron chi connectivity index (χ1n) is 4.99. The maximum atomic E-state index is 12.0. The SMILES string of the molecule is CC(C(=O)c1ccccc1Cl)C1CC1. The van der Waals surface area contributed by atoms with E-state index in [1.165, 1.54) is 12.8 Å². The van der Waals surface area contributed by atoms with Gasteiger partial charge in [-0.15, -0.1) is 0 Å². The van der Waals surface area contributed by atoms with Crippen LogP contribution in [0.3, 0.4) is 0 Å². The van der Waals surface area contributed by atoms with Gasteiger partial charge in [-0.2, -0.15) is 0 Å². The van der Waals surface area contributed by atoms with Gasteiger partial charge >= 0.3 is 0 Å². The van der Waals surface area contributed by atoms with Crippen molar-refractivity contribution >= 4 is 17.4 Å². The summed E-state index contributed by atoms with van der Waals surface area (Å²) < 4.78 is 0. The average Bonchev–Trinajstić information content (AvgIpc) is 3.00. The van der Waals surface area contributed by atoms with Crippen LogP contribution in [-0.2, 0) is 0 Å². The molecule has 2 rings (SSSR count). The molecule has 74 valence electrons. The van der Waals surface area contributed by atoms with E-state index in [1.807, 2.05) is 25.1 Å². The average molecular weight is 209 g/mol. The summed E-state index contributed by atoms with van der Waals surface area (Å²) in [6.45, 7) is 2.00. The summed E-state index contributed by atoms with van der Waals surface area (Å²) in [6, 6.07) is 7.29. The number of rotatable bonds is 3. The lowest BCUT2D eigenvalue weighted by atomic mass is 9.95. The molecule has 0 bridgehead atoms. The van der Waals surface area contributed by atoms with Crippen LogP contribution in [0.2, 0.25) is 5.02 Å². The van der Waals surface area contributed by atoms with Crippen LogP contribution in [0, 0.1) is 11.8 Å². The van der Waals surface area contributed by atoms with E-state index in [0.29, 0.717) is 16.5 Å². The molecular formula is C12H13ClO. The molecule has 0 spiro atoms. The number of halogens is 1. The van der Waals surface area contributed by atoms with E-state index in [9.17, 15) is 4.79 Å². The Morgan fingerprint density at radius 1 is 1.43 bits per heavy atom. The summed E-state index contributed by atoms with van der Waals surface area (Å²) in [6.07, 6.45) is 2.38. The number of carbonyl (C=O) groups excluding carboxylic acids is 1. The van der Waals surface area contributed by atoms with Crippen LogP contribution >= 0.6 is 11.6 Å². The Morgan fingerprint density at radius 3 is 2.64 bits per heavy atom. The van der Waals surface area contributed by atoms with Crippen LogP contribution in [0.1, 0.15) is 30.1 Å². The summed E-state index contributed by atoms with van der Waals surface area (Å²) in [5, 5.41) is 0.574. The molecule has 0 aromatic heterocycles. The van der Waals surface area contributed by atoms with Crippen LogP contribution in [0.15, 0.2) is 24.3 Å². The van der Waals surface area contributed by atoms with Gasteiger partial charge in [-0.25, -0.2) is 0 Å². The third-order valence-corrected chi connectivity index (χ3v) is 3.21. The highest BCUT2D eigenvalue weighted by Gasteiger charge is 2.33. The van der Waals surface area contributed by atoms with Gasteiger partial charge in [-0.3, -0.25) is 4.79 Å². The first kappa shape index (κ1) is 9.72. The van der Waals surface area contributed by atoms with Gasteiger partial charge in [-0.05, 0) is 30.9 Å². The van der Waals surface area contributed by atoms with Gasteiger partial charge in [0, 0.05) is 11.5 Å². The van der Waals surface area contributed by atoms with E-state index >= 15 is 0 Å². The largest absolute Gasteiger partial charge is 0.294 e. The molecule has 1 nitrogen and oxygen atoms in total. The fraction of sp³-hybridized carbons (Fsp3) is 0.417. The molecule has 2 heteroatoms. The van der Waals surface area contributed by atoms with Gasteiger partial charge in [0.25, 0.3) is 0 Å². The van der Waals surface area contributed by atoms with Gasteiger partial charge in [0.05, 0.1) is 5.02 Å². The third kappa shape index (κ3) is 1.83. The molecule has 1 unspecified atom stereocenters. The number of hydrogen-bond acceptors (Lipinski definition) is 1. The molecular weight excluding hydrogens is 196 g/mol. The van der Waals surface area contributed by atoms with Gasteiger partial charge in [0.1, 0.15) is 0 Å². The van der Waals surface area contributed by atoms with Gasteiger partial charge in [0.15, 0.2) is 5.78 Å². The Kier molecular flexibility index (Phi) is 2.60. The predicted molar refractivity (Wildman–Crippen MR) is 57.7 cm³/mol. The maximum absolute atomic E-state index is 12.0. The summed E-state index contributed by atoms with van der Waals surface area (Å²) in [5.74, 6) is 0.923. The lowest BCUT2D eigenvalue weighted by molar-refractivity contribution is 0.0916. The highest BCUT2D eigenvalue weighted by molar-refractivity contribution is 6.34. The van der Waals surface area contributed by atoms with Crippen molar-refractivity contribution < 1.29 is 4.79 Å². The summed E-state index contributed by atoms with van der Waals surface area (Å²) in [4.78, 5) is 12.0. The predicted octanol–water partition coefficient (Wildman–Crippen LogP) is 3.57. The molecule has 1 atom stereocenters.